The molecule has 1 atom stereocenters. The molecule has 1 saturated heterocycles. The molecule has 1 aliphatic heterocycles. The van der Waals surface area contributed by atoms with Crippen LogP contribution < -0.4 is 0 Å². The summed E-state index contributed by atoms with van der Waals surface area (Å²) >= 11 is 1.40. The molecular weight excluding hydrogens is 456 g/mol. The first-order valence-corrected chi connectivity index (χ1v) is 13.6. The Morgan fingerprint density at radius 1 is 1.09 bits per heavy atom. The lowest BCUT2D eigenvalue weighted by Gasteiger charge is -2.25. The van der Waals surface area contributed by atoms with Gasteiger partial charge in [-0.2, -0.15) is 4.31 Å². The molecule has 4 rings (SSSR count). The number of piperidine rings is 1. The molecule has 0 bridgehead atoms. The van der Waals surface area contributed by atoms with Gasteiger partial charge >= 0.3 is 0 Å². The predicted octanol–water partition coefficient (Wildman–Crippen LogP) is 4.15. The number of nitrogens with zero attached hydrogens (tertiary/aromatic N) is 4. The SMILES string of the molecule is CCn1c(S[C@@H](C(=O)N(C)C)c2ccccc2)nc2cc(S(=O)(=O)N3CCCCC3)ccc21. The van der Waals surface area contributed by atoms with E-state index < -0.39 is 15.3 Å². The topological polar surface area (TPSA) is 75.5 Å². The van der Waals surface area contributed by atoms with E-state index in [2.05, 4.69) is 0 Å². The van der Waals surface area contributed by atoms with Gasteiger partial charge in [0.2, 0.25) is 15.9 Å². The molecule has 33 heavy (non-hydrogen) atoms. The molecule has 2 aromatic carbocycles. The highest BCUT2D eigenvalue weighted by molar-refractivity contribution is 8.00. The molecule has 1 aromatic heterocycles. The normalized spacial score (nSPS) is 16.1. The largest absolute Gasteiger partial charge is 0.348 e. The number of fused-ring (bicyclic) bond motifs is 1. The summed E-state index contributed by atoms with van der Waals surface area (Å²) in [5.41, 5.74) is 2.40. The van der Waals surface area contributed by atoms with E-state index in [-0.39, 0.29) is 10.8 Å². The second kappa shape index (κ2) is 9.87. The van der Waals surface area contributed by atoms with Crippen LogP contribution in [0.2, 0.25) is 0 Å². The van der Waals surface area contributed by atoms with E-state index >= 15 is 0 Å². The number of thioether (sulfide) groups is 1. The van der Waals surface area contributed by atoms with Crippen molar-refractivity contribution in [2.45, 2.75) is 48.0 Å². The second-order valence-corrected chi connectivity index (χ2v) is 11.4. The highest BCUT2D eigenvalue weighted by Gasteiger charge is 2.28. The lowest BCUT2D eigenvalue weighted by molar-refractivity contribution is -0.128. The summed E-state index contributed by atoms with van der Waals surface area (Å²) in [7, 11) is -0.0393. The number of hydrogen-bond acceptors (Lipinski definition) is 5. The van der Waals surface area contributed by atoms with Crippen molar-refractivity contribution in [2.24, 2.45) is 0 Å². The Morgan fingerprint density at radius 2 is 1.79 bits per heavy atom. The third kappa shape index (κ3) is 4.81. The van der Waals surface area contributed by atoms with Gasteiger partial charge in [-0.1, -0.05) is 48.5 Å². The number of carbonyl (C=O) groups is 1. The Morgan fingerprint density at radius 3 is 2.42 bits per heavy atom. The van der Waals surface area contributed by atoms with Gasteiger partial charge in [0, 0.05) is 33.7 Å². The molecule has 0 saturated carbocycles. The average Bonchev–Trinajstić information content (AvgIpc) is 3.19. The Bertz CT molecular complexity index is 1230. The van der Waals surface area contributed by atoms with Gasteiger partial charge in [0.05, 0.1) is 15.9 Å². The number of amides is 1. The van der Waals surface area contributed by atoms with E-state index in [1.807, 2.05) is 47.9 Å². The molecule has 1 fully saturated rings. The fraction of sp³-hybridized carbons (Fsp3) is 0.417. The minimum atomic E-state index is -3.54. The van der Waals surface area contributed by atoms with Crippen LogP contribution >= 0.6 is 11.8 Å². The molecule has 1 aliphatic rings. The number of aryl methyl sites for hydroxylation is 1. The van der Waals surface area contributed by atoms with Crippen molar-refractivity contribution in [1.82, 2.24) is 18.8 Å². The molecule has 7 nitrogen and oxygen atoms in total. The molecular formula is C24H30N4O3S2. The first kappa shape index (κ1) is 23.8. The minimum absolute atomic E-state index is 0.0192. The standard InChI is InChI=1S/C24H30N4O3S2/c1-4-28-21-14-13-19(33(30,31)27-15-9-6-10-16-27)17-20(21)25-24(28)32-22(23(29)26(2)3)18-11-7-5-8-12-18/h5,7-8,11-14,17,22H,4,6,9-10,15-16H2,1-3H3/t22-/m1/s1. The zero-order chi connectivity index (χ0) is 23.6. The summed E-state index contributed by atoms with van der Waals surface area (Å²) in [4.78, 5) is 19.7. The van der Waals surface area contributed by atoms with Crippen molar-refractivity contribution >= 4 is 38.7 Å². The molecule has 9 heteroatoms. The molecule has 1 amide bonds. The summed E-state index contributed by atoms with van der Waals surface area (Å²) < 4.78 is 29.9. The second-order valence-electron chi connectivity index (χ2n) is 8.40. The summed E-state index contributed by atoms with van der Waals surface area (Å²) in [6, 6.07) is 14.8. The van der Waals surface area contributed by atoms with E-state index in [0.29, 0.717) is 30.3 Å². The zero-order valence-corrected chi connectivity index (χ0v) is 20.9. The van der Waals surface area contributed by atoms with Crippen molar-refractivity contribution in [3.05, 3.63) is 54.1 Å². The summed E-state index contributed by atoms with van der Waals surface area (Å²) in [6.45, 7) is 3.82. The van der Waals surface area contributed by atoms with Crippen LogP contribution in [0.4, 0.5) is 0 Å². The minimum Gasteiger partial charge on any atom is -0.348 e. The van der Waals surface area contributed by atoms with Gasteiger partial charge in [0.25, 0.3) is 0 Å². The van der Waals surface area contributed by atoms with E-state index in [9.17, 15) is 13.2 Å². The molecule has 3 aromatic rings. The molecule has 176 valence electrons. The van der Waals surface area contributed by atoms with Gasteiger partial charge in [-0.15, -0.1) is 0 Å². The van der Waals surface area contributed by atoms with E-state index in [1.165, 1.54) is 11.8 Å². The number of benzene rings is 2. The molecule has 2 heterocycles. The van der Waals surface area contributed by atoms with Crippen LogP contribution in [-0.2, 0) is 21.4 Å². The Hall–Kier alpha value is -2.36. The van der Waals surface area contributed by atoms with Crippen molar-refractivity contribution in [2.75, 3.05) is 27.2 Å². The van der Waals surface area contributed by atoms with Gasteiger partial charge in [-0.05, 0) is 43.5 Å². The van der Waals surface area contributed by atoms with Crippen molar-refractivity contribution in [3.8, 4) is 0 Å². The van der Waals surface area contributed by atoms with Crippen LogP contribution in [0.3, 0.4) is 0 Å². The quantitative estimate of drug-likeness (QED) is 0.469. The number of hydrogen-bond donors (Lipinski definition) is 0. The van der Waals surface area contributed by atoms with Crippen molar-refractivity contribution < 1.29 is 13.2 Å². The number of rotatable bonds is 7. The van der Waals surface area contributed by atoms with Gasteiger partial charge in [0.1, 0.15) is 5.25 Å². The predicted molar refractivity (Wildman–Crippen MR) is 132 cm³/mol. The van der Waals surface area contributed by atoms with Gasteiger partial charge < -0.3 is 9.47 Å². The molecule has 0 radical (unpaired) electrons. The van der Waals surface area contributed by atoms with Gasteiger partial charge in [-0.3, -0.25) is 4.79 Å². The highest BCUT2D eigenvalue weighted by Crippen LogP contribution is 2.38. The maximum atomic E-state index is 13.2. The number of aromatic nitrogens is 2. The van der Waals surface area contributed by atoms with E-state index in [4.69, 9.17) is 4.98 Å². The van der Waals surface area contributed by atoms with Crippen LogP contribution in [0.25, 0.3) is 11.0 Å². The van der Waals surface area contributed by atoms with Crippen LogP contribution in [0, 0.1) is 0 Å². The number of imidazole rings is 1. The smallest absolute Gasteiger partial charge is 0.243 e. The average molecular weight is 487 g/mol. The molecule has 0 spiro atoms. The third-order valence-electron chi connectivity index (χ3n) is 5.94. The summed E-state index contributed by atoms with van der Waals surface area (Å²) in [6.07, 6.45) is 2.86. The number of carbonyl (C=O) groups excluding carboxylic acids is 1. The monoisotopic (exact) mass is 486 g/mol. The van der Waals surface area contributed by atoms with E-state index in [1.54, 1.807) is 35.4 Å². The van der Waals surface area contributed by atoms with Crippen molar-refractivity contribution in [3.63, 3.8) is 0 Å². The lowest BCUT2D eigenvalue weighted by Crippen LogP contribution is -2.35. The van der Waals surface area contributed by atoms with Crippen LogP contribution in [0.1, 0.15) is 37.0 Å². The third-order valence-corrected chi connectivity index (χ3v) is 9.07. The Balaban J connectivity index is 1.72. The van der Waals surface area contributed by atoms with E-state index in [0.717, 1.165) is 30.3 Å². The lowest BCUT2D eigenvalue weighted by atomic mass is 10.1. The van der Waals surface area contributed by atoms with Gasteiger partial charge in [0.15, 0.2) is 5.16 Å². The number of sulfonamides is 1. The fourth-order valence-electron chi connectivity index (χ4n) is 4.13. The molecule has 0 N–H and O–H groups in total. The first-order chi connectivity index (χ1) is 15.8. The highest BCUT2D eigenvalue weighted by atomic mass is 32.2. The van der Waals surface area contributed by atoms with Crippen LogP contribution in [-0.4, -0.2) is 60.3 Å². The van der Waals surface area contributed by atoms with Crippen molar-refractivity contribution in [1.29, 1.82) is 0 Å². The van der Waals surface area contributed by atoms with Crippen LogP contribution in [0.5, 0.6) is 0 Å². The summed E-state index contributed by atoms with van der Waals surface area (Å²) in [5.74, 6) is -0.0192. The summed E-state index contributed by atoms with van der Waals surface area (Å²) in [5, 5.41) is 0.254. The first-order valence-electron chi connectivity index (χ1n) is 11.3. The maximum Gasteiger partial charge on any atom is 0.243 e. The Labute approximate surface area is 199 Å². The zero-order valence-electron chi connectivity index (χ0n) is 19.3. The van der Waals surface area contributed by atoms with Gasteiger partial charge in [-0.25, -0.2) is 13.4 Å². The Kier molecular flexibility index (Phi) is 7.11. The fourth-order valence-corrected chi connectivity index (χ4v) is 6.99. The number of likely N-dealkylation sites (N-methyl/N-ethyl adjacent to an activating group) is 1. The molecule has 0 aliphatic carbocycles. The molecule has 0 unspecified atom stereocenters. The maximum absolute atomic E-state index is 13.2. The van der Waals surface area contributed by atoms with Crippen LogP contribution in [0.15, 0.2) is 58.6 Å².